The van der Waals surface area contributed by atoms with Gasteiger partial charge in [-0.15, -0.1) is 0 Å². The topological polar surface area (TPSA) is 67.7 Å². The molecule has 3 aromatic rings. The van der Waals surface area contributed by atoms with Gasteiger partial charge in [-0.3, -0.25) is 14.4 Å². The van der Waals surface area contributed by atoms with Crippen LogP contribution >= 0.6 is 0 Å². The molecular formula is C24H28N4O3. The molecule has 7 nitrogen and oxygen atoms in total. The molecule has 1 aliphatic rings. The number of hydrogen-bond acceptors (Lipinski definition) is 5. The SMILES string of the molecule is COC(=O)c1ccc2c(cnn2CN2CCN(C(=O)c3ccc(C(C)C)cc3)CC2)c1. The van der Waals surface area contributed by atoms with E-state index in [9.17, 15) is 9.59 Å². The van der Waals surface area contributed by atoms with Gasteiger partial charge in [0.05, 0.1) is 31.1 Å². The number of carbonyl (C=O) groups is 2. The molecule has 2 aromatic carbocycles. The summed E-state index contributed by atoms with van der Waals surface area (Å²) in [6.07, 6.45) is 1.77. The van der Waals surface area contributed by atoms with E-state index in [-0.39, 0.29) is 11.9 Å². The summed E-state index contributed by atoms with van der Waals surface area (Å²) in [6, 6.07) is 13.4. The minimum atomic E-state index is -0.353. The average Bonchev–Trinajstić information content (AvgIpc) is 3.20. The monoisotopic (exact) mass is 420 g/mol. The Morgan fingerprint density at radius 2 is 1.68 bits per heavy atom. The highest BCUT2D eigenvalue weighted by atomic mass is 16.5. The first-order chi connectivity index (χ1) is 15.0. The molecule has 1 fully saturated rings. The summed E-state index contributed by atoms with van der Waals surface area (Å²) in [7, 11) is 1.38. The van der Waals surface area contributed by atoms with Crippen molar-refractivity contribution in [1.29, 1.82) is 0 Å². The van der Waals surface area contributed by atoms with E-state index in [2.05, 4.69) is 23.8 Å². The number of benzene rings is 2. The Bertz CT molecular complexity index is 1080. The summed E-state index contributed by atoms with van der Waals surface area (Å²) < 4.78 is 6.71. The normalized spacial score (nSPS) is 14.9. The van der Waals surface area contributed by atoms with Crippen LogP contribution in [0.25, 0.3) is 10.9 Å². The lowest BCUT2D eigenvalue weighted by molar-refractivity contribution is 0.0585. The van der Waals surface area contributed by atoms with Crippen molar-refractivity contribution in [2.75, 3.05) is 33.3 Å². The van der Waals surface area contributed by atoms with Crippen LogP contribution in [0.5, 0.6) is 0 Å². The number of aromatic nitrogens is 2. The third-order valence-electron chi connectivity index (χ3n) is 5.88. The van der Waals surface area contributed by atoms with Crippen molar-refractivity contribution in [3.63, 3.8) is 0 Å². The van der Waals surface area contributed by atoms with Crippen molar-refractivity contribution >= 4 is 22.8 Å². The first kappa shape index (κ1) is 21.1. The fourth-order valence-corrected chi connectivity index (χ4v) is 3.92. The van der Waals surface area contributed by atoms with Crippen molar-refractivity contribution in [2.24, 2.45) is 0 Å². The van der Waals surface area contributed by atoms with Crippen molar-refractivity contribution in [1.82, 2.24) is 19.6 Å². The van der Waals surface area contributed by atoms with Gasteiger partial charge >= 0.3 is 5.97 Å². The maximum atomic E-state index is 12.8. The van der Waals surface area contributed by atoms with Crippen molar-refractivity contribution in [3.8, 4) is 0 Å². The Kier molecular flexibility index (Phi) is 6.04. The first-order valence-corrected chi connectivity index (χ1v) is 10.6. The van der Waals surface area contributed by atoms with Gasteiger partial charge in [0.25, 0.3) is 5.91 Å². The van der Waals surface area contributed by atoms with E-state index in [1.165, 1.54) is 12.7 Å². The fourth-order valence-electron chi connectivity index (χ4n) is 3.92. The Morgan fingerprint density at radius 3 is 2.32 bits per heavy atom. The van der Waals surface area contributed by atoms with Crippen molar-refractivity contribution in [3.05, 3.63) is 65.4 Å². The predicted molar refractivity (Wildman–Crippen MR) is 119 cm³/mol. The van der Waals surface area contributed by atoms with Crippen LogP contribution in [-0.2, 0) is 11.4 Å². The molecular weight excluding hydrogens is 392 g/mol. The van der Waals surface area contributed by atoms with E-state index in [0.29, 0.717) is 31.2 Å². The Hall–Kier alpha value is -3.19. The van der Waals surface area contributed by atoms with Gasteiger partial charge in [-0.05, 0) is 41.8 Å². The van der Waals surface area contributed by atoms with Gasteiger partial charge in [-0.2, -0.15) is 5.10 Å². The molecule has 7 heteroatoms. The van der Waals surface area contributed by atoms with Gasteiger partial charge in [0.15, 0.2) is 0 Å². The lowest BCUT2D eigenvalue weighted by Crippen LogP contribution is -2.49. The van der Waals surface area contributed by atoms with Gasteiger partial charge in [-0.25, -0.2) is 4.79 Å². The molecule has 31 heavy (non-hydrogen) atoms. The molecule has 0 bridgehead atoms. The molecule has 0 radical (unpaired) electrons. The zero-order valence-electron chi connectivity index (χ0n) is 18.2. The molecule has 4 rings (SSSR count). The van der Waals surface area contributed by atoms with Crippen LogP contribution in [-0.4, -0.2) is 64.7 Å². The van der Waals surface area contributed by atoms with Gasteiger partial charge in [0, 0.05) is 37.1 Å². The van der Waals surface area contributed by atoms with Crippen LogP contribution in [0.4, 0.5) is 0 Å². The number of amides is 1. The Labute approximate surface area is 182 Å². The zero-order valence-corrected chi connectivity index (χ0v) is 18.2. The number of carbonyl (C=O) groups excluding carboxylic acids is 2. The van der Waals surface area contributed by atoms with Gasteiger partial charge in [-0.1, -0.05) is 26.0 Å². The molecule has 1 saturated heterocycles. The maximum Gasteiger partial charge on any atom is 0.337 e. The van der Waals surface area contributed by atoms with Crippen LogP contribution in [0, 0.1) is 0 Å². The first-order valence-electron chi connectivity index (χ1n) is 10.6. The van der Waals surface area contributed by atoms with E-state index >= 15 is 0 Å². The standard InChI is InChI=1S/C24H28N4O3/c1-17(2)18-4-6-19(7-5-18)23(29)27-12-10-26(11-13-27)16-28-22-9-8-20(24(30)31-3)14-21(22)15-25-28/h4-9,14-15,17H,10-13,16H2,1-3H3. The minimum absolute atomic E-state index is 0.0924. The molecule has 1 aromatic heterocycles. The third kappa shape index (κ3) is 4.46. The number of nitrogens with zero attached hydrogens (tertiary/aromatic N) is 4. The summed E-state index contributed by atoms with van der Waals surface area (Å²) in [5, 5.41) is 5.39. The lowest BCUT2D eigenvalue weighted by atomic mass is 10.0. The molecule has 0 N–H and O–H groups in total. The number of esters is 1. The summed E-state index contributed by atoms with van der Waals surface area (Å²) >= 11 is 0. The smallest absolute Gasteiger partial charge is 0.337 e. The molecule has 0 atom stereocenters. The summed E-state index contributed by atoms with van der Waals surface area (Å²) in [5.74, 6) is 0.197. The quantitative estimate of drug-likeness (QED) is 0.592. The van der Waals surface area contributed by atoms with Gasteiger partial charge in [0.1, 0.15) is 0 Å². The molecule has 0 saturated carbocycles. The molecule has 1 aliphatic heterocycles. The van der Waals surface area contributed by atoms with E-state index in [4.69, 9.17) is 4.74 Å². The van der Waals surface area contributed by atoms with Crippen LogP contribution in [0.15, 0.2) is 48.7 Å². The number of rotatable bonds is 5. The molecule has 0 aliphatic carbocycles. The van der Waals surface area contributed by atoms with Crippen LogP contribution in [0.2, 0.25) is 0 Å². The predicted octanol–water partition coefficient (Wildman–Crippen LogP) is 3.36. The number of fused-ring (bicyclic) bond motifs is 1. The zero-order chi connectivity index (χ0) is 22.0. The highest BCUT2D eigenvalue weighted by Crippen LogP contribution is 2.19. The van der Waals surface area contributed by atoms with Crippen LogP contribution in [0.1, 0.15) is 46.0 Å². The van der Waals surface area contributed by atoms with E-state index in [1.807, 2.05) is 39.9 Å². The largest absolute Gasteiger partial charge is 0.465 e. The van der Waals surface area contributed by atoms with Gasteiger partial charge < -0.3 is 9.64 Å². The minimum Gasteiger partial charge on any atom is -0.465 e. The van der Waals surface area contributed by atoms with Crippen molar-refractivity contribution < 1.29 is 14.3 Å². The average molecular weight is 421 g/mol. The van der Waals surface area contributed by atoms with E-state index < -0.39 is 0 Å². The third-order valence-corrected chi connectivity index (χ3v) is 5.88. The summed E-state index contributed by atoms with van der Waals surface area (Å²) in [4.78, 5) is 28.8. The molecule has 2 heterocycles. The number of piperazine rings is 1. The summed E-state index contributed by atoms with van der Waals surface area (Å²) in [6.45, 7) is 7.90. The summed E-state index contributed by atoms with van der Waals surface area (Å²) in [5.41, 5.74) is 3.48. The van der Waals surface area contributed by atoms with E-state index in [0.717, 1.165) is 29.6 Å². The van der Waals surface area contributed by atoms with Crippen LogP contribution in [0.3, 0.4) is 0 Å². The second-order valence-electron chi connectivity index (χ2n) is 8.24. The molecule has 162 valence electrons. The number of methoxy groups -OCH3 is 1. The number of ether oxygens (including phenoxy) is 1. The highest BCUT2D eigenvalue weighted by molar-refractivity contribution is 5.95. The second-order valence-corrected chi connectivity index (χ2v) is 8.24. The fraction of sp³-hybridized carbons (Fsp3) is 0.375. The van der Waals surface area contributed by atoms with Crippen LogP contribution < -0.4 is 0 Å². The Morgan fingerprint density at radius 1 is 1.00 bits per heavy atom. The number of hydrogen-bond donors (Lipinski definition) is 0. The Balaban J connectivity index is 1.37. The lowest BCUT2D eigenvalue weighted by Gasteiger charge is -2.34. The molecule has 1 amide bonds. The van der Waals surface area contributed by atoms with Gasteiger partial charge in [0.2, 0.25) is 0 Å². The molecule has 0 spiro atoms. The molecule has 0 unspecified atom stereocenters. The van der Waals surface area contributed by atoms with Crippen molar-refractivity contribution in [2.45, 2.75) is 26.4 Å². The second kappa shape index (κ2) is 8.89. The highest BCUT2D eigenvalue weighted by Gasteiger charge is 2.23. The van der Waals surface area contributed by atoms with E-state index in [1.54, 1.807) is 18.3 Å². The maximum absolute atomic E-state index is 12.8.